The Kier molecular flexibility index (Phi) is 6.72. The zero-order valence-electron chi connectivity index (χ0n) is 25.1. The van der Waals surface area contributed by atoms with E-state index in [-0.39, 0.29) is 44.0 Å². The number of hydrogen-bond acceptors (Lipinski definition) is 11. The summed E-state index contributed by atoms with van der Waals surface area (Å²) in [7, 11) is 0. The predicted octanol–water partition coefficient (Wildman–Crippen LogP) is 3.44. The Hall–Kier alpha value is -3.47. The lowest BCUT2D eigenvalue weighted by Gasteiger charge is -2.67. The first kappa shape index (κ1) is 29.6. The second kappa shape index (κ2) is 9.77. The van der Waals surface area contributed by atoms with Crippen LogP contribution in [0.2, 0.25) is 0 Å². The van der Waals surface area contributed by atoms with Crippen LogP contribution in [0, 0.1) is 28.6 Å². The van der Waals surface area contributed by atoms with Crippen molar-refractivity contribution in [3.05, 3.63) is 36.3 Å². The Morgan fingerprint density at radius 2 is 1.88 bits per heavy atom. The van der Waals surface area contributed by atoms with E-state index in [0.717, 1.165) is 0 Å². The summed E-state index contributed by atoms with van der Waals surface area (Å²) in [5, 5.41) is 0. The number of hydrogen-bond donors (Lipinski definition) is 0. The van der Waals surface area contributed by atoms with Gasteiger partial charge in [0, 0.05) is 36.0 Å². The molecular formula is C32H38O11. The summed E-state index contributed by atoms with van der Waals surface area (Å²) >= 11 is 0. The third-order valence-electron chi connectivity index (χ3n) is 11.1. The number of ketones is 1. The van der Waals surface area contributed by atoms with E-state index in [1.165, 1.54) is 12.5 Å². The lowest BCUT2D eigenvalue weighted by molar-refractivity contribution is -0.295. The summed E-state index contributed by atoms with van der Waals surface area (Å²) in [5.74, 6) is -3.93. The number of Topliss-reactive ketones (excluding diaryl/α,β-unsaturated/α-hetero) is 1. The molecular weight excluding hydrogens is 560 g/mol. The minimum atomic E-state index is -1.70. The van der Waals surface area contributed by atoms with Crippen LogP contribution in [-0.4, -0.2) is 66.3 Å². The molecule has 3 aliphatic heterocycles. The molecule has 0 radical (unpaired) electrons. The van der Waals surface area contributed by atoms with Crippen LogP contribution in [0.4, 0.5) is 0 Å². The second-order valence-corrected chi connectivity index (χ2v) is 13.8. The standard InChI is InChI=1S/C32H38O11/c1-16(2)9-24(36)41-28-27(40-15-33)26-17(3)32(21(34)10-19(31(28,32)6)18-7-8-38-13-18)42-22-12-25(37)43-29(4)14-39-23(35)11-20(29)30(22,26)5/h7-8,13,15-16,19-20,22,26-28H,3,9-12,14H2,1-2,4-6H3. The molecule has 6 rings (SSSR count). The molecule has 1 aromatic rings. The molecule has 10 atom stereocenters. The van der Waals surface area contributed by atoms with Crippen molar-refractivity contribution >= 4 is 30.2 Å². The first-order chi connectivity index (χ1) is 20.2. The smallest absolute Gasteiger partial charge is 0.309 e. The fourth-order valence-electron chi connectivity index (χ4n) is 9.25. The number of furan rings is 1. The van der Waals surface area contributed by atoms with Gasteiger partial charge in [-0.1, -0.05) is 34.3 Å². The van der Waals surface area contributed by atoms with Crippen molar-refractivity contribution < 1.29 is 52.1 Å². The third-order valence-corrected chi connectivity index (χ3v) is 11.1. The number of carbonyl (C=O) groups is 5. The van der Waals surface area contributed by atoms with Gasteiger partial charge in [-0.25, -0.2) is 0 Å². The van der Waals surface area contributed by atoms with Gasteiger partial charge in [-0.3, -0.25) is 24.0 Å². The zero-order valence-corrected chi connectivity index (χ0v) is 25.1. The van der Waals surface area contributed by atoms with Gasteiger partial charge in [0.2, 0.25) is 0 Å². The average molecular weight is 599 g/mol. The molecule has 4 heterocycles. The Bertz CT molecular complexity index is 1380. The maximum atomic E-state index is 14.4. The van der Waals surface area contributed by atoms with Crippen LogP contribution < -0.4 is 0 Å². The molecule has 11 heteroatoms. The number of ether oxygens (including phenoxy) is 5. The highest BCUT2D eigenvalue weighted by Gasteiger charge is 2.81. The van der Waals surface area contributed by atoms with Crippen LogP contribution in [0.5, 0.6) is 0 Å². The Labute approximate surface area is 249 Å². The van der Waals surface area contributed by atoms with E-state index in [9.17, 15) is 24.0 Å². The van der Waals surface area contributed by atoms with E-state index in [1.54, 1.807) is 19.9 Å². The molecule has 0 N–H and O–H groups in total. The first-order valence-electron chi connectivity index (χ1n) is 14.8. The van der Waals surface area contributed by atoms with Crippen LogP contribution in [0.15, 0.2) is 35.2 Å². The summed E-state index contributed by atoms with van der Waals surface area (Å²) in [4.78, 5) is 66.1. The summed E-state index contributed by atoms with van der Waals surface area (Å²) in [5.41, 5.74) is -4.32. The van der Waals surface area contributed by atoms with Gasteiger partial charge >= 0.3 is 17.9 Å². The number of cyclic esters (lactones) is 1. The molecule has 3 saturated heterocycles. The summed E-state index contributed by atoms with van der Waals surface area (Å²) < 4.78 is 35.8. The summed E-state index contributed by atoms with van der Waals surface area (Å²) in [6.07, 6.45) is -0.375. The molecule has 0 aromatic carbocycles. The predicted molar refractivity (Wildman–Crippen MR) is 146 cm³/mol. The van der Waals surface area contributed by atoms with Crippen LogP contribution in [0.25, 0.3) is 0 Å². The molecule has 43 heavy (non-hydrogen) atoms. The highest BCUT2D eigenvalue weighted by molar-refractivity contribution is 5.97. The van der Waals surface area contributed by atoms with Gasteiger partial charge < -0.3 is 28.1 Å². The molecule has 0 amide bonds. The average Bonchev–Trinajstić information content (AvgIpc) is 3.50. The number of fused-ring (bicyclic) bond motifs is 5. The molecule has 5 fully saturated rings. The van der Waals surface area contributed by atoms with Crippen molar-refractivity contribution in [2.45, 2.75) is 95.7 Å². The highest BCUT2D eigenvalue weighted by atomic mass is 16.6. The van der Waals surface area contributed by atoms with E-state index in [1.807, 2.05) is 20.8 Å². The topological polar surface area (TPSA) is 145 Å². The lowest BCUT2D eigenvalue weighted by Crippen LogP contribution is -2.77. The van der Waals surface area contributed by atoms with Gasteiger partial charge in [-0.2, -0.15) is 0 Å². The molecule has 1 spiro atoms. The molecule has 11 nitrogen and oxygen atoms in total. The normalized spacial score (nSPS) is 43.5. The molecule has 5 aliphatic rings. The van der Waals surface area contributed by atoms with Gasteiger partial charge in [0.15, 0.2) is 11.4 Å². The van der Waals surface area contributed by atoms with Gasteiger partial charge in [0.05, 0.1) is 36.9 Å². The highest BCUT2D eigenvalue weighted by Crippen LogP contribution is 2.72. The van der Waals surface area contributed by atoms with Crippen molar-refractivity contribution in [2.24, 2.45) is 28.6 Å². The fraction of sp³-hybridized carbons (Fsp3) is 0.656. The molecule has 2 aliphatic carbocycles. The molecule has 2 bridgehead atoms. The number of rotatable bonds is 6. The van der Waals surface area contributed by atoms with Crippen LogP contribution in [0.3, 0.4) is 0 Å². The first-order valence-corrected chi connectivity index (χ1v) is 14.8. The SMILES string of the molecule is C=C1C2C(OC=O)C(OC(=O)CC(C)C)C3(C)C(c4ccoc4)CC(=O)C13OC1CC(=O)OC3(C)COC(=O)CC3C12C. The van der Waals surface area contributed by atoms with Crippen molar-refractivity contribution in [1.82, 2.24) is 0 Å². The molecule has 1 aromatic heterocycles. The number of carbonyl (C=O) groups excluding carboxylic acids is 5. The lowest BCUT2D eigenvalue weighted by atomic mass is 9.44. The monoisotopic (exact) mass is 598 g/mol. The van der Waals surface area contributed by atoms with E-state index < -0.39 is 76.0 Å². The molecule has 2 saturated carbocycles. The van der Waals surface area contributed by atoms with E-state index in [2.05, 4.69) is 6.58 Å². The summed E-state index contributed by atoms with van der Waals surface area (Å²) in [6.45, 7) is 13.7. The maximum Gasteiger partial charge on any atom is 0.309 e. The Morgan fingerprint density at radius 1 is 1.14 bits per heavy atom. The van der Waals surface area contributed by atoms with Gasteiger partial charge in [0.1, 0.15) is 24.4 Å². The molecule has 10 unspecified atom stereocenters. The number of esters is 3. The quantitative estimate of drug-likeness (QED) is 0.205. The van der Waals surface area contributed by atoms with E-state index >= 15 is 0 Å². The van der Waals surface area contributed by atoms with Crippen LogP contribution in [0.1, 0.15) is 71.8 Å². The third kappa shape index (κ3) is 3.85. The van der Waals surface area contributed by atoms with Crippen LogP contribution >= 0.6 is 0 Å². The minimum absolute atomic E-state index is 0.00909. The second-order valence-electron chi connectivity index (χ2n) is 13.8. The van der Waals surface area contributed by atoms with Crippen molar-refractivity contribution in [3.63, 3.8) is 0 Å². The van der Waals surface area contributed by atoms with E-state index in [0.29, 0.717) is 17.6 Å². The Morgan fingerprint density at radius 3 is 2.53 bits per heavy atom. The van der Waals surface area contributed by atoms with Crippen molar-refractivity contribution in [2.75, 3.05) is 6.61 Å². The maximum absolute atomic E-state index is 14.4. The molecule has 232 valence electrons. The minimum Gasteiger partial charge on any atom is -0.472 e. The fourth-order valence-corrected chi connectivity index (χ4v) is 9.25. The van der Waals surface area contributed by atoms with Crippen molar-refractivity contribution in [3.8, 4) is 0 Å². The van der Waals surface area contributed by atoms with Crippen LogP contribution in [-0.2, 0) is 47.7 Å². The largest absolute Gasteiger partial charge is 0.472 e. The van der Waals surface area contributed by atoms with Gasteiger partial charge in [-0.15, -0.1) is 0 Å². The van der Waals surface area contributed by atoms with Gasteiger partial charge in [-0.05, 0) is 30.0 Å². The zero-order chi connectivity index (χ0) is 31.1. The van der Waals surface area contributed by atoms with Crippen molar-refractivity contribution in [1.29, 1.82) is 0 Å². The Balaban J connectivity index is 1.61. The van der Waals surface area contributed by atoms with Gasteiger partial charge in [0.25, 0.3) is 6.47 Å². The van der Waals surface area contributed by atoms with E-state index in [4.69, 9.17) is 28.1 Å². The summed E-state index contributed by atoms with van der Waals surface area (Å²) in [6, 6.07) is 1.74.